The number of aliphatic hydroxyl groups is 1. The number of nitrogens with zero attached hydrogens (tertiary/aromatic N) is 2. The van der Waals surface area contributed by atoms with E-state index in [1.807, 2.05) is 48.5 Å². The van der Waals surface area contributed by atoms with Gasteiger partial charge in [0.1, 0.15) is 5.69 Å². The first-order valence-corrected chi connectivity index (χ1v) is 9.90. The first-order chi connectivity index (χ1) is 12.1. The van der Waals surface area contributed by atoms with Crippen LogP contribution in [0.4, 0.5) is 5.69 Å². The molecule has 0 saturated carbocycles. The molecule has 2 aliphatic rings. The molecule has 1 N–H and O–H groups in total. The van der Waals surface area contributed by atoms with Crippen molar-refractivity contribution < 1.29 is 9.68 Å². The highest BCUT2D eigenvalue weighted by atomic mass is 79.9. The Balaban J connectivity index is 1.83. The number of hydrogen-bond acceptors (Lipinski definition) is 2. The average molecular weight is 421 g/mol. The van der Waals surface area contributed by atoms with Gasteiger partial charge in [-0.2, -0.15) is 4.90 Å². The highest BCUT2D eigenvalue weighted by molar-refractivity contribution is 9.10. The molecule has 4 rings (SSSR count). The van der Waals surface area contributed by atoms with Gasteiger partial charge in [-0.1, -0.05) is 39.7 Å². The summed E-state index contributed by atoms with van der Waals surface area (Å²) in [5.74, 6) is 1.21. The molecule has 0 aromatic heterocycles. The third-order valence-electron chi connectivity index (χ3n) is 5.12. The number of anilines is 1. The maximum absolute atomic E-state index is 11.8. The van der Waals surface area contributed by atoms with Gasteiger partial charge in [0, 0.05) is 21.5 Å². The van der Waals surface area contributed by atoms with Crippen LogP contribution in [0.2, 0.25) is 5.02 Å². The molecule has 25 heavy (non-hydrogen) atoms. The van der Waals surface area contributed by atoms with E-state index in [0.29, 0.717) is 11.6 Å². The van der Waals surface area contributed by atoms with Gasteiger partial charge in [0.05, 0.1) is 6.54 Å². The summed E-state index contributed by atoms with van der Waals surface area (Å²) in [5, 5.41) is 12.5. The van der Waals surface area contributed by atoms with Crippen LogP contribution in [0.1, 0.15) is 31.2 Å². The lowest BCUT2D eigenvalue weighted by Gasteiger charge is -2.29. The second-order valence-corrected chi connectivity index (χ2v) is 8.14. The highest BCUT2D eigenvalue weighted by Gasteiger charge is 2.53. The Bertz CT molecular complexity index is 803. The van der Waals surface area contributed by atoms with Gasteiger partial charge in [-0.3, -0.25) is 4.58 Å². The van der Waals surface area contributed by atoms with Crippen LogP contribution in [-0.2, 0) is 5.72 Å². The molecule has 130 valence electrons. The van der Waals surface area contributed by atoms with Crippen molar-refractivity contribution in [3.8, 4) is 0 Å². The fourth-order valence-electron chi connectivity index (χ4n) is 3.91. The fraction of sp³-hybridized carbons (Fsp3) is 0.350. The Labute approximate surface area is 161 Å². The summed E-state index contributed by atoms with van der Waals surface area (Å²) < 4.78 is 3.36. The van der Waals surface area contributed by atoms with E-state index in [0.717, 1.165) is 35.1 Å². The predicted molar refractivity (Wildman–Crippen MR) is 105 cm³/mol. The van der Waals surface area contributed by atoms with E-state index >= 15 is 0 Å². The fourth-order valence-corrected chi connectivity index (χ4v) is 4.30. The lowest BCUT2D eigenvalue weighted by molar-refractivity contribution is -0.534. The molecule has 2 aromatic carbocycles. The van der Waals surface area contributed by atoms with Crippen LogP contribution in [0, 0.1) is 0 Å². The summed E-state index contributed by atoms with van der Waals surface area (Å²) in [4.78, 5) is 2.11. The van der Waals surface area contributed by atoms with Gasteiger partial charge < -0.3 is 5.11 Å². The van der Waals surface area contributed by atoms with Gasteiger partial charge in [0.15, 0.2) is 6.54 Å². The van der Waals surface area contributed by atoms with E-state index in [4.69, 9.17) is 11.6 Å². The second kappa shape index (κ2) is 6.75. The molecule has 2 aromatic rings. The smallest absolute Gasteiger partial charge is 0.275 e. The number of amidine groups is 1. The van der Waals surface area contributed by atoms with E-state index in [1.54, 1.807) is 0 Å². The highest BCUT2D eigenvalue weighted by Crippen LogP contribution is 2.38. The summed E-state index contributed by atoms with van der Waals surface area (Å²) >= 11 is 9.57. The Morgan fingerprint density at radius 3 is 2.44 bits per heavy atom. The van der Waals surface area contributed by atoms with Crippen molar-refractivity contribution >= 4 is 39.1 Å². The van der Waals surface area contributed by atoms with Gasteiger partial charge in [-0.15, -0.1) is 0 Å². The van der Waals surface area contributed by atoms with E-state index in [2.05, 4.69) is 25.4 Å². The molecule has 0 amide bonds. The molecule has 1 atom stereocenters. The molecule has 0 radical (unpaired) electrons. The molecule has 0 bridgehead atoms. The number of hydrogen-bond donors (Lipinski definition) is 1. The van der Waals surface area contributed by atoms with Crippen LogP contribution in [0.25, 0.3) is 0 Å². The average Bonchev–Trinajstić information content (AvgIpc) is 2.74. The summed E-state index contributed by atoms with van der Waals surface area (Å²) in [6, 6.07) is 15.7. The second-order valence-electron chi connectivity index (χ2n) is 6.78. The van der Waals surface area contributed by atoms with Crippen LogP contribution in [0.15, 0.2) is 53.0 Å². The molecular formula is C20H21BrClN2O+. The minimum absolute atomic E-state index is 0.590. The topological polar surface area (TPSA) is 26.5 Å². The maximum Gasteiger partial charge on any atom is 0.275 e. The number of benzene rings is 2. The molecule has 0 saturated heterocycles. The zero-order valence-electron chi connectivity index (χ0n) is 14.0. The number of halogens is 2. The minimum Gasteiger partial charge on any atom is -0.346 e. The van der Waals surface area contributed by atoms with Crippen LogP contribution >= 0.6 is 27.5 Å². The summed E-state index contributed by atoms with van der Waals surface area (Å²) in [6.07, 6.45) is 4.56. The van der Waals surface area contributed by atoms with Crippen LogP contribution < -0.4 is 4.90 Å². The maximum atomic E-state index is 11.8. The van der Waals surface area contributed by atoms with Crippen molar-refractivity contribution in [3.05, 3.63) is 63.6 Å². The van der Waals surface area contributed by atoms with Crippen molar-refractivity contribution in [2.75, 3.05) is 18.0 Å². The zero-order valence-corrected chi connectivity index (χ0v) is 16.3. The van der Waals surface area contributed by atoms with Gasteiger partial charge in [0.25, 0.3) is 11.6 Å². The van der Waals surface area contributed by atoms with Crippen LogP contribution in [-0.4, -0.2) is 28.6 Å². The molecule has 0 aliphatic carbocycles. The minimum atomic E-state index is -1.07. The van der Waals surface area contributed by atoms with Gasteiger partial charge in [-0.25, -0.2) is 0 Å². The molecular weight excluding hydrogens is 400 g/mol. The monoisotopic (exact) mass is 419 g/mol. The first kappa shape index (κ1) is 17.1. The predicted octanol–water partition coefficient (Wildman–Crippen LogP) is 4.75. The van der Waals surface area contributed by atoms with Gasteiger partial charge in [0.2, 0.25) is 0 Å². The normalized spacial score (nSPS) is 23.6. The molecule has 0 unspecified atom stereocenters. The molecule has 0 spiro atoms. The lowest BCUT2D eigenvalue weighted by atomic mass is 10.00. The lowest BCUT2D eigenvalue weighted by Crippen LogP contribution is -2.47. The van der Waals surface area contributed by atoms with Gasteiger partial charge in [-0.05, 0) is 55.7 Å². The van der Waals surface area contributed by atoms with Crippen molar-refractivity contribution in [2.45, 2.75) is 31.4 Å². The molecule has 0 fully saturated rings. The summed E-state index contributed by atoms with van der Waals surface area (Å²) in [5.41, 5.74) is 0.821. The Hall–Kier alpha value is -1.36. The Kier molecular flexibility index (Phi) is 4.61. The standard InChI is InChI=1S/C20H21BrClN2O/c21-16-7-5-15(6-8-16)20(25)14-23-13-3-1-2-4-19(23)24(20)18-11-9-17(22)10-12-18/h5-12,25H,1-4,13-14H2/q+1/t20-/m1/s1. The molecule has 5 heteroatoms. The SMILES string of the molecule is O[C@@]1(c2ccc(Br)cc2)C[N+]2=C(CCCCC2)N1c1ccc(Cl)cc1. The third kappa shape index (κ3) is 3.12. The molecule has 2 heterocycles. The molecule has 3 nitrogen and oxygen atoms in total. The Morgan fingerprint density at radius 1 is 1.00 bits per heavy atom. The van der Waals surface area contributed by atoms with Gasteiger partial charge >= 0.3 is 0 Å². The van der Waals surface area contributed by atoms with E-state index in [9.17, 15) is 5.11 Å². The van der Waals surface area contributed by atoms with E-state index in [-0.39, 0.29) is 0 Å². The largest absolute Gasteiger partial charge is 0.346 e. The van der Waals surface area contributed by atoms with Crippen molar-refractivity contribution in [1.82, 2.24) is 0 Å². The first-order valence-electron chi connectivity index (χ1n) is 8.73. The number of rotatable bonds is 2. The summed E-state index contributed by atoms with van der Waals surface area (Å²) in [7, 11) is 0. The van der Waals surface area contributed by atoms with Crippen LogP contribution in [0.3, 0.4) is 0 Å². The van der Waals surface area contributed by atoms with Crippen molar-refractivity contribution in [1.29, 1.82) is 0 Å². The van der Waals surface area contributed by atoms with E-state index < -0.39 is 5.72 Å². The quantitative estimate of drug-likeness (QED) is 0.710. The van der Waals surface area contributed by atoms with Crippen molar-refractivity contribution in [2.24, 2.45) is 0 Å². The Morgan fingerprint density at radius 2 is 1.72 bits per heavy atom. The zero-order chi connectivity index (χ0) is 17.4. The van der Waals surface area contributed by atoms with Crippen molar-refractivity contribution in [3.63, 3.8) is 0 Å². The van der Waals surface area contributed by atoms with E-state index in [1.165, 1.54) is 18.7 Å². The van der Waals surface area contributed by atoms with Crippen LogP contribution in [0.5, 0.6) is 0 Å². The molecule has 2 aliphatic heterocycles. The third-order valence-corrected chi connectivity index (χ3v) is 5.90. The summed E-state index contributed by atoms with van der Waals surface area (Å²) in [6.45, 7) is 1.59.